The summed E-state index contributed by atoms with van der Waals surface area (Å²) in [5.41, 5.74) is 1.24. The number of hydrogen-bond donors (Lipinski definition) is 2. The van der Waals surface area contributed by atoms with Gasteiger partial charge in [0.15, 0.2) is 0 Å². The molecule has 2 amide bonds. The molecule has 0 heterocycles. The zero-order chi connectivity index (χ0) is 16.2. The molecule has 1 atom stereocenters. The van der Waals surface area contributed by atoms with Crippen LogP contribution in [-0.4, -0.2) is 29.7 Å². The number of carbonyl (C=O) groups is 2. The quantitative estimate of drug-likeness (QED) is 0.896. The Labute approximate surface area is 126 Å². The van der Waals surface area contributed by atoms with E-state index in [0.29, 0.717) is 6.54 Å². The average Bonchev–Trinajstić information content (AvgIpc) is 2.35. The van der Waals surface area contributed by atoms with Gasteiger partial charge in [-0.15, -0.1) is 0 Å². The highest BCUT2D eigenvalue weighted by atomic mass is 16.4. The minimum atomic E-state index is -1.03. The normalized spacial score (nSPS) is 12.6. The predicted octanol–water partition coefficient (Wildman–Crippen LogP) is 3.03. The van der Waals surface area contributed by atoms with E-state index >= 15 is 0 Å². The van der Waals surface area contributed by atoms with Gasteiger partial charge in [0.1, 0.15) is 6.04 Å². The molecule has 1 aromatic rings. The van der Waals surface area contributed by atoms with Crippen LogP contribution < -0.4 is 10.2 Å². The van der Waals surface area contributed by atoms with E-state index in [4.69, 9.17) is 0 Å². The van der Waals surface area contributed by atoms with Crippen LogP contribution in [0.3, 0.4) is 0 Å². The van der Waals surface area contributed by atoms with E-state index in [1.165, 1.54) is 4.90 Å². The Balaban J connectivity index is 2.96. The lowest BCUT2D eigenvalue weighted by molar-refractivity contribution is -0.141. The zero-order valence-electron chi connectivity index (χ0n) is 13.3. The van der Waals surface area contributed by atoms with E-state index < -0.39 is 23.5 Å². The largest absolute Gasteiger partial charge is 0.480 e. The van der Waals surface area contributed by atoms with Gasteiger partial charge in [0.2, 0.25) is 0 Å². The fraction of sp³-hybridized carbons (Fsp3) is 0.500. The van der Waals surface area contributed by atoms with Crippen LogP contribution >= 0.6 is 0 Å². The van der Waals surface area contributed by atoms with Gasteiger partial charge in [0, 0.05) is 12.2 Å². The molecule has 0 saturated carbocycles. The topological polar surface area (TPSA) is 69.6 Å². The second kappa shape index (κ2) is 6.61. The highest BCUT2D eigenvalue weighted by Gasteiger charge is 2.33. The first-order valence-electron chi connectivity index (χ1n) is 7.04. The average molecular weight is 292 g/mol. The van der Waals surface area contributed by atoms with Crippen LogP contribution in [0.15, 0.2) is 24.3 Å². The lowest BCUT2D eigenvalue weighted by atomic mass is 9.87. The summed E-state index contributed by atoms with van der Waals surface area (Å²) in [4.78, 5) is 25.3. The number of aliphatic carboxylic acids is 1. The van der Waals surface area contributed by atoms with Crippen molar-refractivity contribution in [3.05, 3.63) is 29.8 Å². The molecule has 0 aliphatic rings. The number of anilines is 1. The standard InChI is InChI=1S/C16H24N2O3/c1-6-18(12-9-7-8-11(2)10-12)15(21)17-13(14(19)20)16(3,4)5/h7-10,13H,6H2,1-5H3,(H,17,21)(H,19,20)/t13-/m1/s1. The molecule has 2 N–H and O–H groups in total. The number of carbonyl (C=O) groups excluding carboxylic acids is 1. The van der Waals surface area contributed by atoms with Crippen molar-refractivity contribution in [3.63, 3.8) is 0 Å². The molecule has 21 heavy (non-hydrogen) atoms. The lowest BCUT2D eigenvalue weighted by Crippen LogP contribution is -2.53. The van der Waals surface area contributed by atoms with E-state index in [2.05, 4.69) is 5.32 Å². The number of urea groups is 1. The number of aryl methyl sites for hydroxylation is 1. The molecule has 0 unspecified atom stereocenters. The van der Waals surface area contributed by atoms with Crippen LogP contribution in [0.4, 0.5) is 10.5 Å². The third kappa shape index (κ3) is 4.48. The van der Waals surface area contributed by atoms with Crippen LogP contribution in [-0.2, 0) is 4.79 Å². The first-order valence-corrected chi connectivity index (χ1v) is 7.04. The van der Waals surface area contributed by atoms with E-state index in [0.717, 1.165) is 11.3 Å². The molecule has 0 aromatic heterocycles. The molecular formula is C16H24N2O3. The second-order valence-corrected chi connectivity index (χ2v) is 6.17. The highest BCUT2D eigenvalue weighted by Crippen LogP contribution is 2.21. The SMILES string of the molecule is CCN(C(=O)N[C@H](C(=O)O)C(C)(C)C)c1cccc(C)c1. The number of nitrogens with zero attached hydrogens (tertiary/aromatic N) is 1. The lowest BCUT2D eigenvalue weighted by Gasteiger charge is -2.30. The van der Waals surface area contributed by atoms with Crippen LogP contribution in [0.2, 0.25) is 0 Å². The molecule has 5 nitrogen and oxygen atoms in total. The van der Waals surface area contributed by atoms with Gasteiger partial charge in [0.25, 0.3) is 0 Å². The van der Waals surface area contributed by atoms with Crippen LogP contribution in [0, 0.1) is 12.3 Å². The Morgan fingerprint density at radius 2 is 1.95 bits per heavy atom. The van der Waals surface area contributed by atoms with Gasteiger partial charge in [-0.25, -0.2) is 9.59 Å². The second-order valence-electron chi connectivity index (χ2n) is 6.17. The molecule has 0 radical (unpaired) electrons. The molecule has 0 aliphatic heterocycles. The Hall–Kier alpha value is -2.04. The molecule has 0 aliphatic carbocycles. The molecule has 1 aromatic carbocycles. The maximum Gasteiger partial charge on any atom is 0.326 e. The van der Waals surface area contributed by atoms with Gasteiger partial charge < -0.3 is 10.4 Å². The summed E-state index contributed by atoms with van der Waals surface area (Å²) < 4.78 is 0. The van der Waals surface area contributed by atoms with Gasteiger partial charge in [-0.1, -0.05) is 32.9 Å². The summed E-state index contributed by atoms with van der Waals surface area (Å²) in [6, 6.07) is 6.22. The summed E-state index contributed by atoms with van der Waals surface area (Å²) in [6.07, 6.45) is 0. The summed E-state index contributed by atoms with van der Waals surface area (Å²) in [6.45, 7) is 9.63. The first kappa shape index (κ1) is 17.0. The van der Waals surface area contributed by atoms with Gasteiger partial charge >= 0.3 is 12.0 Å². The Kier molecular flexibility index (Phi) is 5.35. The van der Waals surface area contributed by atoms with Crippen molar-refractivity contribution in [1.29, 1.82) is 0 Å². The van der Waals surface area contributed by atoms with Crippen molar-refractivity contribution in [1.82, 2.24) is 5.32 Å². The number of benzene rings is 1. The number of amides is 2. The fourth-order valence-electron chi connectivity index (χ4n) is 2.09. The molecule has 0 spiro atoms. The van der Waals surface area contributed by atoms with E-state index in [1.807, 2.05) is 38.1 Å². The molecule has 5 heteroatoms. The summed E-state index contributed by atoms with van der Waals surface area (Å²) in [7, 11) is 0. The van der Waals surface area contributed by atoms with Crippen LogP contribution in [0.25, 0.3) is 0 Å². The highest BCUT2D eigenvalue weighted by molar-refractivity contribution is 5.94. The third-order valence-electron chi connectivity index (χ3n) is 3.26. The molecule has 0 fully saturated rings. The third-order valence-corrected chi connectivity index (χ3v) is 3.26. The van der Waals surface area contributed by atoms with E-state index in [-0.39, 0.29) is 0 Å². The first-order chi connectivity index (χ1) is 9.66. The van der Waals surface area contributed by atoms with E-state index in [9.17, 15) is 14.7 Å². The van der Waals surface area contributed by atoms with Crippen molar-refractivity contribution in [2.45, 2.75) is 40.7 Å². The maximum absolute atomic E-state index is 12.4. The zero-order valence-corrected chi connectivity index (χ0v) is 13.3. The van der Waals surface area contributed by atoms with Gasteiger partial charge in [0.05, 0.1) is 0 Å². The van der Waals surface area contributed by atoms with Crippen LogP contribution in [0.5, 0.6) is 0 Å². The Morgan fingerprint density at radius 1 is 1.33 bits per heavy atom. The summed E-state index contributed by atoms with van der Waals surface area (Å²) in [5, 5.41) is 11.9. The van der Waals surface area contributed by atoms with Gasteiger partial charge in [-0.3, -0.25) is 4.90 Å². The minimum absolute atomic E-state index is 0.398. The number of carboxylic acid groups (broad SMARTS) is 1. The molecule has 0 bridgehead atoms. The monoisotopic (exact) mass is 292 g/mol. The van der Waals surface area contributed by atoms with Gasteiger partial charge in [-0.05, 0) is 37.0 Å². The minimum Gasteiger partial charge on any atom is -0.480 e. The Bertz CT molecular complexity index is 520. The van der Waals surface area contributed by atoms with Crippen molar-refractivity contribution in [3.8, 4) is 0 Å². The van der Waals surface area contributed by atoms with Crippen molar-refractivity contribution in [2.75, 3.05) is 11.4 Å². The summed E-state index contributed by atoms with van der Waals surface area (Å²) in [5.74, 6) is -1.03. The fourth-order valence-corrected chi connectivity index (χ4v) is 2.09. The summed E-state index contributed by atoms with van der Waals surface area (Å²) >= 11 is 0. The molecule has 116 valence electrons. The number of nitrogens with one attached hydrogen (secondary N) is 1. The van der Waals surface area contributed by atoms with Crippen molar-refractivity contribution < 1.29 is 14.7 Å². The number of rotatable bonds is 4. The van der Waals surface area contributed by atoms with Crippen molar-refractivity contribution >= 4 is 17.7 Å². The number of carboxylic acids is 1. The molecule has 1 rings (SSSR count). The van der Waals surface area contributed by atoms with E-state index in [1.54, 1.807) is 20.8 Å². The smallest absolute Gasteiger partial charge is 0.326 e. The van der Waals surface area contributed by atoms with Crippen molar-refractivity contribution in [2.24, 2.45) is 5.41 Å². The predicted molar refractivity (Wildman–Crippen MR) is 83.6 cm³/mol. The van der Waals surface area contributed by atoms with Gasteiger partial charge in [-0.2, -0.15) is 0 Å². The Morgan fingerprint density at radius 3 is 2.38 bits per heavy atom. The molecular weight excluding hydrogens is 268 g/mol. The maximum atomic E-state index is 12.4. The molecule has 0 saturated heterocycles. The van der Waals surface area contributed by atoms with Crippen LogP contribution in [0.1, 0.15) is 33.3 Å². The number of hydrogen-bond acceptors (Lipinski definition) is 2.